The van der Waals surface area contributed by atoms with Gasteiger partial charge in [-0.3, -0.25) is 4.79 Å². The van der Waals surface area contributed by atoms with Crippen molar-refractivity contribution in [2.75, 3.05) is 13.2 Å². The van der Waals surface area contributed by atoms with Crippen LogP contribution in [0.3, 0.4) is 0 Å². The summed E-state index contributed by atoms with van der Waals surface area (Å²) in [5, 5.41) is 3.23. The van der Waals surface area contributed by atoms with E-state index >= 15 is 0 Å². The first kappa shape index (κ1) is 18.1. The van der Waals surface area contributed by atoms with Gasteiger partial charge in [0.05, 0.1) is 12.5 Å². The molecule has 3 rings (SSSR count). The number of carbonyl (C=O) groups excluding carboxylic acids is 1. The molecule has 1 aromatic carbocycles. The number of halogens is 1. The van der Waals surface area contributed by atoms with Gasteiger partial charge in [-0.15, -0.1) is 12.4 Å². The Balaban J connectivity index is 0.00000192. The summed E-state index contributed by atoms with van der Waals surface area (Å²) < 4.78 is 5.65. The summed E-state index contributed by atoms with van der Waals surface area (Å²) in [6, 6.07) is 7.97. The molecule has 5 heteroatoms. The van der Waals surface area contributed by atoms with E-state index in [4.69, 9.17) is 10.5 Å². The number of nitrogens with two attached hydrogens (primary N) is 1. The lowest BCUT2D eigenvalue weighted by Gasteiger charge is -2.32. The van der Waals surface area contributed by atoms with Crippen molar-refractivity contribution in [3.8, 4) is 5.75 Å². The van der Waals surface area contributed by atoms with E-state index < -0.39 is 0 Å². The van der Waals surface area contributed by atoms with Gasteiger partial charge in [0.15, 0.2) is 0 Å². The Kier molecular flexibility index (Phi) is 6.72. The highest BCUT2D eigenvalue weighted by Crippen LogP contribution is 2.34. The zero-order chi connectivity index (χ0) is 15.4. The molecule has 1 amide bonds. The topological polar surface area (TPSA) is 64.3 Å². The lowest BCUT2D eigenvalue weighted by molar-refractivity contribution is -0.124. The molecule has 1 saturated carbocycles. The Bertz CT molecular complexity index is 517. The molecule has 2 atom stereocenters. The van der Waals surface area contributed by atoms with Crippen molar-refractivity contribution in [2.45, 2.75) is 50.5 Å². The first-order valence-corrected chi connectivity index (χ1v) is 8.51. The van der Waals surface area contributed by atoms with Crippen molar-refractivity contribution in [2.24, 2.45) is 11.7 Å². The number of hydrogen-bond donors (Lipinski definition) is 2. The molecule has 0 aromatic heterocycles. The van der Waals surface area contributed by atoms with Crippen LogP contribution in [0.25, 0.3) is 0 Å². The Morgan fingerprint density at radius 1 is 1.22 bits per heavy atom. The second kappa shape index (κ2) is 8.55. The molecule has 2 unspecified atom stereocenters. The van der Waals surface area contributed by atoms with E-state index in [1.165, 1.54) is 32.1 Å². The second-order valence-electron chi connectivity index (χ2n) is 6.48. The predicted octanol–water partition coefficient (Wildman–Crippen LogP) is 3.00. The van der Waals surface area contributed by atoms with E-state index in [0.29, 0.717) is 19.1 Å². The van der Waals surface area contributed by atoms with E-state index in [1.807, 2.05) is 24.3 Å². The fraction of sp³-hybridized carbons (Fsp3) is 0.611. The lowest BCUT2D eigenvalue weighted by Crippen LogP contribution is -2.48. The molecule has 23 heavy (non-hydrogen) atoms. The fourth-order valence-electron chi connectivity index (χ4n) is 3.80. The van der Waals surface area contributed by atoms with Gasteiger partial charge in [0, 0.05) is 18.2 Å². The maximum Gasteiger partial charge on any atom is 0.228 e. The number of hydrogen-bond acceptors (Lipinski definition) is 3. The van der Waals surface area contributed by atoms with Gasteiger partial charge in [-0.25, -0.2) is 0 Å². The molecule has 1 heterocycles. The smallest absolute Gasteiger partial charge is 0.228 e. The maximum atomic E-state index is 12.8. The molecule has 1 fully saturated rings. The van der Waals surface area contributed by atoms with Crippen molar-refractivity contribution >= 4 is 18.3 Å². The van der Waals surface area contributed by atoms with Gasteiger partial charge >= 0.3 is 0 Å². The number of benzene rings is 1. The number of carbonyl (C=O) groups is 1. The van der Waals surface area contributed by atoms with Crippen LogP contribution in [0.4, 0.5) is 0 Å². The highest BCUT2D eigenvalue weighted by atomic mass is 35.5. The van der Waals surface area contributed by atoms with Crippen LogP contribution in [0.5, 0.6) is 5.75 Å². The number of para-hydroxylation sites is 1. The minimum absolute atomic E-state index is 0. The predicted molar refractivity (Wildman–Crippen MR) is 94.1 cm³/mol. The van der Waals surface area contributed by atoms with E-state index in [1.54, 1.807) is 0 Å². The summed E-state index contributed by atoms with van der Waals surface area (Å²) in [6.45, 7) is 1.13. The highest BCUT2D eigenvalue weighted by Gasteiger charge is 2.31. The summed E-state index contributed by atoms with van der Waals surface area (Å²) in [6.07, 6.45) is 6.95. The molecule has 0 spiro atoms. The lowest BCUT2D eigenvalue weighted by atomic mass is 9.83. The van der Waals surface area contributed by atoms with E-state index in [2.05, 4.69) is 5.32 Å². The third-order valence-corrected chi connectivity index (χ3v) is 5.08. The largest absolute Gasteiger partial charge is 0.493 e. The van der Waals surface area contributed by atoms with Crippen molar-refractivity contribution in [3.63, 3.8) is 0 Å². The van der Waals surface area contributed by atoms with Gasteiger partial charge in [-0.1, -0.05) is 37.5 Å². The Hall–Kier alpha value is -1.26. The summed E-state index contributed by atoms with van der Waals surface area (Å²) in [7, 11) is 0. The quantitative estimate of drug-likeness (QED) is 0.887. The monoisotopic (exact) mass is 338 g/mol. The van der Waals surface area contributed by atoms with E-state index in [9.17, 15) is 4.79 Å². The van der Waals surface area contributed by atoms with Gasteiger partial charge in [0.1, 0.15) is 5.75 Å². The number of fused-ring (bicyclic) bond motifs is 1. The molecule has 4 nitrogen and oxygen atoms in total. The Morgan fingerprint density at radius 2 is 1.96 bits per heavy atom. The summed E-state index contributed by atoms with van der Waals surface area (Å²) in [5.41, 5.74) is 6.94. The van der Waals surface area contributed by atoms with Crippen molar-refractivity contribution in [3.05, 3.63) is 29.8 Å². The molecule has 0 bridgehead atoms. The molecule has 3 N–H and O–H groups in total. The van der Waals surface area contributed by atoms with E-state index in [0.717, 1.165) is 17.7 Å². The van der Waals surface area contributed by atoms with Crippen molar-refractivity contribution < 1.29 is 9.53 Å². The Labute approximate surface area is 144 Å². The Morgan fingerprint density at radius 3 is 2.70 bits per heavy atom. The molecule has 2 aliphatic rings. The van der Waals surface area contributed by atoms with Crippen molar-refractivity contribution in [1.82, 2.24) is 5.32 Å². The van der Waals surface area contributed by atoms with Gasteiger partial charge in [0.2, 0.25) is 5.91 Å². The van der Waals surface area contributed by atoms with Crippen LogP contribution in [0, 0.1) is 5.92 Å². The molecule has 1 aliphatic carbocycles. The second-order valence-corrected chi connectivity index (χ2v) is 6.48. The maximum absolute atomic E-state index is 12.8. The molecule has 0 saturated heterocycles. The minimum Gasteiger partial charge on any atom is -0.493 e. The first-order chi connectivity index (χ1) is 10.8. The molecular formula is C18H27ClN2O2. The molecule has 1 aliphatic heterocycles. The first-order valence-electron chi connectivity index (χ1n) is 8.51. The van der Waals surface area contributed by atoms with Crippen LogP contribution in [-0.4, -0.2) is 25.1 Å². The van der Waals surface area contributed by atoms with Crippen LogP contribution in [0.15, 0.2) is 24.3 Å². The average molecular weight is 339 g/mol. The standard InChI is InChI=1S/C18H26N2O2.ClH/c19-12-16(13-6-2-1-3-7-13)20-18(21)15-10-11-22-17-9-5-4-8-14(15)17;/h4-5,8-9,13,15-16H,1-3,6-7,10-12,19H2,(H,20,21);1H. The number of nitrogens with one attached hydrogen (secondary N) is 1. The zero-order valence-electron chi connectivity index (χ0n) is 13.5. The van der Waals surface area contributed by atoms with Gasteiger partial charge in [-0.2, -0.15) is 0 Å². The van der Waals surface area contributed by atoms with Gasteiger partial charge < -0.3 is 15.8 Å². The van der Waals surface area contributed by atoms with Gasteiger partial charge in [0.25, 0.3) is 0 Å². The normalized spacial score (nSPS) is 22.2. The van der Waals surface area contributed by atoms with Crippen LogP contribution in [0.1, 0.15) is 50.0 Å². The highest BCUT2D eigenvalue weighted by molar-refractivity contribution is 5.85. The average Bonchev–Trinajstić information content (AvgIpc) is 2.59. The minimum atomic E-state index is -0.109. The van der Waals surface area contributed by atoms with Crippen LogP contribution < -0.4 is 15.8 Å². The fourth-order valence-corrected chi connectivity index (χ4v) is 3.80. The molecule has 1 aromatic rings. The molecule has 0 radical (unpaired) electrons. The van der Waals surface area contributed by atoms with Crippen LogP contribution in [0.2, 0.25) is 0 Å². The molecule has 128 valence electrons. The summed E-state index contributed by atoms with van der Waals surface area (Å²) >= 11 is 0. The summed E-state index contributed by atoms with van der Waals surface area (Å²) in [5.74, 6) is 1.38. The number of rotatable bonds is 4. The SMILES string of the molecule is Cl.NCC(NC(=O)C1CCOc2ccccc21)C1CCCCC1. The van der Waals surface area contributed by atoms with Crippen LogP contribution >= 0.6 is 12.4 Å². The number of amides is 1. The summed E-state index contributed by atoms with van der Waals surface area (Å²) in [4.78, 5) is 12.8. The molecular weight excluding hydrogens is 312 g/mol. The third-order valence-electron chi connectivity index (χ3n) is 5.08. The van der Waals surface area contributed by atoms with Crippen molar-refractivity contribution in [1.29, 1.82) is 0 Å². The number of ether oxygens (including phenoxy) is 1. The third kappa shape index (κ3) is 4.18. The van der Waals surface area contributed by atoms with Gasteiger partial charge in [-0.05, 0) is 31.2 Å². The van der Waals surface area contributed by atoms with E-state index in [-0.39, 0.29) is 30.3 Å². The van der Waals surface area contributed by atoms with Crippen LogP contribution in [-0.2, 0) is 4.79 Å². The zero-order valence-corrected chi connectivity index (χ0v) is 14.3.